The minimum absolute atomic E-state index is 0.157. The van der Waals surface area contributed by atoms with Crippen molar-refractivity contribution >= 4 is 6.08 Å². The topological polar surface area (TPSA) is 0 Å². The Morgan fingerprint density at radius 2 is 1.66 bits per heavy atom. The third-order valence-electron chi connectivity index (χ3n) is 5.69. The highest BCUT2D eigenvalue weighted by Crippen LogP contribution is 2.32. The second kappa shape index (κ2) is 11.5. The van der Waals surface area contributed by atoms with Gasteiger partial charge in [0.25, 0.3) is 0 Å². The van der Waals surface area contributed by atoms with E-state index in [1.165, 1.54) is 51.4 Å². The number of alkyl halides is 3. The van der Waals surface area contributed by atoms with Gasteiger partial charge in [-0.25, -0.2) is 8.78 Å². The number of halogens is 5. The van der Waals surface area contributed by atoms with Crippen molar-refractivity contribution in [2.24, 2.45) is 11.8 Å². The average Bonchev–Trinajstić information content (AvgIpc) is 2.65. The summed E-state index contributed by atoms with van der Waals surface area (Å²) in [7, 11) is 0. The molecule has 1 aliphatic rings. The molecule has 29 heavy (non-hydrogen) atoms. The standard InChI is InChI=1S/C24H31F5/c1-2-3-4-7-18-10-12-19(13-11-18)8-5-6-9-20-16-22(25)21(23(26)17-20)14-15-24(27,28)29/h5,8,14-19H,2-4,6-7,9-13H2,1H3. The van der Waals surface area contributed by atoms with Crippen LogP contribution in [-0.2, 0) is 6.42 Å². The fourth-order valence-electron chi connectivity index (χ4n) is 4.01. The van der Waals surface area contributed by atoms with E-state index < -0.39 is 23.4 Å². The van der Waals surface area contributed by atoms with E-state index in [0.29, 0.717) is 30.4 Å². The molecular formula is C24H31F5. The molecule has 1 aromatic carbocycles. The molecule has 1 fully saturated rings. The molecule has 0 nitrogen and oxygen atoms in total. The summed E-state index contributed by atoms with van der Waals surface area (Å²) in [5, 5.41) is 0. The Hall–Kier alpha value is -1.65. The first-order valence-corrected chi connectivity index (χ1v) is 10.7. The van der Waals surface area contributed by atoms with Crippen LogP contribution in [-0.4, -0.2) is 6.18 Å². The molecule has 0 radical (unpaired) electrons. The number of benzene rings is 1. The van der Waals surface area contributed by atoms with E-state index in [9.17, 15) is 22.0 Å². The lowest BCUT2D eigenvalue weighted by Crippen LogP contribution is -2.13. The van der Waals surface area contributed by atoms with Gasteiger partial charge in [-0.1, -0.05) is 44.8 Å². The maximum Gasteiger partial charge on any atom is 0.409 e. The Bertz CT molecular complexity index is 656. The Morgan fingerprint density at radius 3 is 2.24 bits per heavy atom. The van der Waals surface area contributed by atoms with Crippen LogP contribution in [0, 0.1) is 23.5 Å². The van der Waals surface area contributed by atoms with Gasteiger partial charge in [-0.05, 0) is 74.1 Å². The average molecular weight is 415 g/mol. The normalized spacial score (nSPS) is 20.8. The molecule has 0 aromatic heterocycles. The predicted molar refractivity (Wildman–Crippen MR) is 108 cm³/mol. The number of allylic oxidation sites excluding steroid dienone is 3. The van der Waals surface area contributed by atoms with E-state index in [2.05, 4.69) is 19.1 Å². The van der Waals surface area contributed by atoms with E-state index in [-0.39, 0.29) is 6.08 Å². The number of rotatable bonds is 9. The largest absolute Gasteiger partial charge is 0.409 e. The zero-order valence-corrected chi connectivity index (χ0v) is 17.1. The van der Waals surface area contributed by atoms with Crippen molar-refractivity contribution in [2.45, 2.75) is 77.3 Å². The van der Waals surface area contributed by atoms with Gasteiger partial charge in [0.2, 0.25) is 0 Å². The Balaban J connectivity index is 1.78. The first-order valence-electron chi connectivity index (χ1n) is 10.7. The van der Waals surface area contributed by atoms with Crippen LogP contribution in [0.4, 0.5) is 22.0 Å². The van der Waals surface area contributed by atoms with Crippen molar-refractivity contribution in [3.05, 3.63) is 53.1 Å². The summed E-state index contributed by atoms with van der Waals surface area (Å²) in [5.41, 5.74) is -0.203. The van der Waals surface area contributed by atoms with Gasteiger partial charge in [0, 0.05) is 11.6 Å². The van der Waals surface area contributed by atoms with Crippen LogP contribution in [0.15, 0.2) is 30.4 Å². The van der Waals surface area contributed by atoms with E-state index in [4.69, 9.17) is 0 Å². The van der Waals surface area contributed by atoms with Crippen molar-refractivity contribution in [3.63, 3.8) is 0 Å². The van der Waals surface area contributed by atoms with Crippen molar-refractivity contribution in [1.29, 1.82) is 0 Å². The first-order chi connectivity index (χ1) is 13.8. The first kappa shape index (κ1) is 23.6. The molecule has 1 aromatic rings. The highest BCUT2D eigenvalue weighted by molar-refractivity contribution is 5.52. The molecule has 1 saturated carbocycles. The van der Waals surface area contributed by atoms with Gasteiger partial charge in [-0.2, -0.15) is 13.2 Å². The lowest BCUT2D eigenvalue weighted by atomic mass is 9.79. The van der Waals surface area contributed by atoms with Gasteiger partial charge in [-0.3, -0.25) is 0 Å². The molecule has 0 aliphatic heterocycles. The van der Waals surface area contributed by atoms with Gasteiger partial charge in [0.15, 0.2) is 0 Å². The highest BCUT2D eigenvalue weighted by Gasteiger charge is 2.23. The van der Waals surface area contributed by atoms with Gasteiger partial charge in [-0.15, -0.1) is 0 Å². The molecule has 0 N–H and O–H groups in total. The van der Waals surface area contributed by atoms with Crippen LogP contribution in [0.3, 0.4) is 0 Å². The molecule has 0 amide bonds. The van der Waals surface area contributed by atoms with Crippen LogP contribution in [0.25, 0.3) is 6.08 Å². The molecule has 5 heteroatoms. The summed E-state index contributed by atoms with van der Waals surface area (Å²) >= 11 is 0. The third-order valence-corrected chi connectivity index (χ3v) is 5.69. The molecule has 162 valence electrons. The Labute approximate surface area is 170 Å². The Morgan fingerprint density at radius 1 is 1.00 bits per heavy atom. The van der Waals surface area contributed by atoms with Crippen molar-refractivity contribution in [1.82, 2.24) is 0 Å². The second-order valence-electron chi connectivity index (χ2n) is 8.09. The highest BCUT2D eigenvalue weighted by atomic mass is 19.4. The summed E-state index contributed by atoms with van der Waals surface area (Å²) in [6, 6.07) is 2.24. The van der Waals surface area contributed by atoms with Gasteiger partial charge >= 0.3 is 6.18 Å². The Kier molecular flexibility index (Phi) is 9.38. The van der Waals surface area contributed by atoms with Crippen LogP contribution in [0.5, 0.6) is 0 Å². The van der Waals surface area contributed by atoms with Crippen molar-refractivity contribution in [3.8, 4) is 0 Å². The molecule has 0 saturated heterocycles. The summed E-state index contributed by atoms with van der Waals surface area (Å²) in [6.45, 7) is 2.23. The van der Waals surface area contributed by atoms with Gasteiger partial charge in [0.1, 0.15) is 11.6 Å². The molecule has 0 heterocycles. The maximum absolute atomic E-state index is 14.0. The van der Waals surface area contributed by atoms with Crippen LogP contribution in [0.2, 0.25) is 0 Å². The molecule has 0 bridgehead atoms. The number of aryl methyl sites for hydroxylation is 1. The molecular weight excluding hydrogens is 383 g/mol. The summed E-state index contributed by atoms with van der Waals surface area (Å²) in [4.78, 5) is 0. The summed E-state index contributed by atoms with van der Waals surface area (Å²) < 4.78 is 64.5. The monoisotopic (exact) mass is 414 g/mol. The van der Waals surface area contributed by atoms with Crippen LogP contribution < -0.4 is 0 Å². The summed E-state index contributed by atoms with van der Waals surface area (Å²) in [5.74, 6) is -0.486. The second-order valence-corrected chi connectivity index (χ2v) is 8.09. The van der Waals surface area contributed by atoms with Crippen molar-refractivity contribution < 1.29 is 22.0 Å². The fraction of sp³-hybridized carbons (Fsp3) is 0.583. The lowest BCUT2D eigenvalue weighted by Gasteiger charge is -2.26. The lowest BCUT2D eigenvalue weighted by molar-refractivity contribution is -0.0790. The molecule has 0 spiro atoms. The number of unbranched alkanes of at least 4 members (excludes halogenated alkanes) is 2. The number of hydrogen-bond donors (Lipinski definition) is 0. The fourth-order valence-corrected chi connectivity index (χ4v) is 4.01. The number of hydrogen-bond acceptors (Lipinski definition) is 0. The van der Waals surface area contributed by atoms with Crippen LogP contribution >= 0.6 is 0 Å². The quantitative estimate of drug-likeness (QED) is 0.216. The van der Waals surface area contributed by atoms with Gasteiger partial charge in [0.05, 0.1) is 0 Å². The zero-order valence-electron chi connectivity index (χ0n) is 17.1. The molecule has 2 rings (SSSR count). The van der Waals surface area contributed by atoms with E-state index in [1.54, 1.807) is 0 Å². The van der Waals surface area contributed by atoms with Crippen molar-refractivity contribution in [2.75, 3.05) is 0 Å². The zero-order chi connectivity index (χ0) is 21.3. The van der Waals surface area contributed by atoms with Gasteiger partial charge < -0.3 is 0 Å². The van der Waals surface area contributed by atoms with E-state index in [1.807, 2.05) is 0 Å². The summed E-state index contributed by atoms with van der Waals surface area (Å²) in [6.07, 6.45) is 11.3. The van der Waals surface area contributed by atoms with E-state index in [0.717, 1.165) is 18.1 Å². The predicted octanol–water partition coefficient (Wildman–Crippen LogP) is 8.42. The molecule has 0 unspecified atom stereocenters. The SMILES string of the molecule is CCCCCC1CCC(C=CCCc2cc(F)c(C=CC(F)(F)F)c(F)c2)CC1. The molecule has 1 aliphatic carbocycles. The minimum Gasteiger partial charge on any atom is -0.206 e. The molecule has 0 atom stereocenters. The minimum atomic E-state index is -4.60. The van der Waals surface area contributed by atoms with Crippen LogP contribution in [0.1, 0.15) is 75.8 Å². The third kappa shape index (κ3) is 8.71. The smallest absolute Gasteiger partial charge is 0.206 e. The van der Waals surface area contributed by atoms with E-state index >= 15 is 0 Å². The maximum atomic E-state index is 14.0.